The first-order valence-corrected chi connectivity index (χ1v) is 8.01. The van der Waals surface area contributed by atoms with Crippen LogP contribution in [0, 0.1) is 5.92 Å². The summed E-state index contributed by atoms with van der Waals surface area (Å²) >= 11 is 0. The lowest BCUT2D eigenvalue weighted by molar-refractivity contribution is -0.139. The van der Waals surface area contributed by atoms with E-state index in [-0.39, 0.29) is 17.2 Å². The van der Waals surface area contributed by atoms with Gasteiger partial charge in [-0.25, -0.2) is 0 Å². The number of nitrogens with one attached hydrogen (secondary N) is 1. The van der Waals surface area contributed by atoms with Gasteiger partial charge in [0, 0.05) is 12.6 Å². The van der Waals surface area contributed by atoms with E-state index in [0.717, 1.165) is 6.07 Å². The van der Waals surface area contributed by atoms with Crippen molar-refractivity contribution in [1.82, 2.24) is 0 Å². The average molecular weight is 363 g/mol. The molecule has 4 nitrogen and oxygen atoms in total. The molecule has 2 atom stereocenters. The number of benzene rings is 2. The van der Waals surface area contributed by atoms with Crippen molar-refractivity contribution in [3.05, 3.63) is 59.7 Å². The molecule has 0 bridgehead atoms. The number of esters is 1. The normalized spacial score (nSPS) is 18.9. The van der Waals surface area contributed by atoms with Crippen molar-refractivity contribution in [1.29, 1.82) is 0 Å². The summed E-state index contributed by atoms with van der Waals surface area (Å²) in [5.74, 6) is -1.58. The van der Waals surface area contributed by atoms with Crippen LogP contribution in [0.15, 0.2) is 48.5 Å². The lowest BCUT2D eigenvalue weighted by Crippen LogP contribution is -2.13. The van der Waals surface area contributed by atoms with Crippen LogP contribution in [0.1, 0.15) is 30.4 Å². The molecular weight excluding hydrogens is 347 g/mol. The van der Waals surface area contributed by atoms with Crippen LogP contribution >= 0.6 is 0 Å². The molecule has 0 aromatic heterocycles. The first kappa shape index (κ1) is 18.0. The van der Waals surface area contributed by atoms with Gasteiger partial charge in [-0.1, -0.05) is 18.2 Å². The predicted molar refractivity (Wildman–Crippen MR) is 88.7 cm³/mol. The third-order valence-electron chi connectivity index (χ3n) is 4.15. The van der Waals surface area contributed by atoms with E-state index >= 15 is 0 Å². The first-order valence-electron chi connectivity index (χ1n) is 8.01. The van der Waals surface area contributed by atoms with Crippen molar-refractivity contribution in [3.63, 3.8) is 0 Å². The Hall–Kier alpha value is -2.83. The van der Waals surface area contributed by atoms with Gasteiger partial charge < -0.3 is 10.1 Å². The Kier molecular flexibility index (Phi) is 4.71. The zero-order chi connectivity index (χ0) is 18.9. The molecule has 2 aromatic carbocycles. The number of hydrogen-bond acceptors (Lipinski definition) is 3. The van der Waals surface area contributed by atoms with Crippen LogP contribution in [-0.2, 0) is 15.8 Å². The van der Waals surface area contributed by atoms with Gasteiger partial charge in [0.15, 0.2) is 0 Å². The number of halogens is 3. The second-order valence-electron chi connectivity index (χ2n) is 6.16. The van der Waals surface area contributed by atoms with E-state index in [9.17, 15) is 22.8 Å². The van der Waals surface area contributed by atoms with Crippen LogP contribution in [0.5, 0.6) is 5.75 Å². The van der Waals surface area contributed by atoms with Crippen molar-refractivity contribution in [2.75, 3.05) is 5.32 Å². The SMILES string of the molecule is CC(=O)Nc1ccc(OC(=O)C2CC2c2ccccc2C(F)(F)F)cc1. The Balaban J connectivity index is 1.66. The van der Waals surface area contributed by atoms with Gasteiger partial charge in [0.05, 0.1) is 11.5 Å². The number of ether oxygens (including phenoxy) is 1. The highest BCUT2D eigenvalue weighted by Gasteiger charge is 2.48. The topological polar surface area (TPSA) is 55.4 Å². The quantitative estimate of drug-likeness (QED) is 0.648. The number of alkyl halides is 3. The van der Waals surface area contributed by atoms with Crippen molar-refractivity contribution < 1.29 is 27.5 Å². The Bertz CT molecular complexity index is 831. The highest BCUT2D eigenvalue weighted by Crippen LogP contribution is 2.51. The van der Waals surface area contributed by atoms with E-state index in [1.807, 2.05) is 0 Å². The number of carbonyl (C=O) groups excluding carboxylic acids is 2. The minimum Gasteiger partial charge on any atom is -0.426 e. The highest BCUT2D eigenvalue weighted by atomic mass is 19.4. The van der Waals surface area contributed by atoms with Crippen LogP contribution in [-0.4, -0.2) is 11.9 Å². The summed E-state index contributed by atoms with van der Waals surface area (Å²) in [6.45, 7) is 1.37. The Morgan fingerprint density at radius 1 is 1.08 bits per heavy atom. The zero-order valence-electron chi connectivity index (χ0n) is 13.8. The summed E-state index contributed by atoms with van der Waals surface area (Å²) in [7, 11) is 0. The molecule has 1 amide bonds. The average Bonchev–Trinajstić information content (AvgIpc) is 3.36. The summed E-state index contributed by atoms with van der Waals surface area (Å²) in [6, 6.07) is 11.5. The maximum atomic E-state index is 13.1. The van der Waals surface area contributed by atoms with Crippen LogP contribution in [0.3, 0.4) is 0 Å². The molecule has 1 saturated carbocycles. The number of rotatable bonds is 4. The number of carbonyl (C=O) groups is 2. The number of amides is 1. The van der Waals surface area contributed by atoms with E-state index in [0.29, 0.717) is 12.1 Å². The Morgan fingerprint density at radius 2 is 1.73 bits per heavy atom. The molecule has 7 heteroatoms. The lowest BCUT2D eigenvalue weighted by Gasteiger charge is -2.12. The van der Waals surface area contributed by atoms with Crippen LogP contribution in [0.2, 0.25) is 0 Å². The van der Waals surface area contributed by atoms with E-state index in [1.165, 1.54) is 37.3 Å². The summed E-state index contributed by atoms with van der Waals surface area (Å²) in [5.41, 5.74) is -0.0244. The predicted octanol–water partition coefficient (Wildman–Crippen LogP) is 4.37. The number of anilines is 1. The molecule has 3 rings (SSSR count). The molecule has 0 saturated heterocycles. The second-order valence-corrected chi connectivity index (χ2v) is 6.16. The van der Waals surface area contributed by atoms with Gasteiger partial charge in [-0.05, 0) is 48.2 Å². The maximum Gasteiger partial charge on any atom is 0.416 e. The van der Waals surface area contributed by atoms with Gasteiger partial charge in [0.25, 0.3) is 0 Å². The summed E-state index contributed by atoms with van der Waals surface area (Å²) < 4.78 is 44.5. The van der Waals surface area contributed by atoms with Crippen molar-refractivity contribution in [2.45, 2.75) is 25.4 Å². The molecule has 1 aliphatic carbocycles. The summed E-state index contributed by atoms with van der Waals surface area (Å²) in [6.07, 6.45) is -4.12. The van der Waals surface area contributed by atoms with E-state index < -0.39 is 29.5 Å². The van der Waals surface area contributed by atoms with Crippen LogP contribution in [0.4, 0.5) is 18.9 Å². The zero-order valence-corrected chi connectivity index (χ0v) is 13.8. The van der Waals surface area contributed by atoms with E-state index in [1.54, 1.807) is 12.1 Å². The van der Waals surface area contributed by atoms with Gasteiger partial charge in [-0.2, -0.15) is 13.2 Å². The molecule has 2 aromatic rings. The smallest absolute Gasteiger partial charge is 0.416 e. The minimum atomic E-state index is -4.45. The molecule has 136 valence electrons. The molecule has 1 aliphatic rings. The van der Waals surface area contributed by atoms with E-state index in [2.05, 4.69) is 5.32 Å². The fourth-order valence-electron chi connectivity index (χ4n) is 2.88. The lowest BCUT2D eigenvalue weighted by atomic mass is 10.0. The molecule has 0 spiro atoms. The van der Waals surface area contributed by atoms with Gasteiger partial charge >= 0.3 is 12.1 Å². The van der Waals surface area contributed by atoms with Crippen LogP contribution < -0.4 is 10.1 Å². The van der Waals surface area contributed by atoms with Gasteiger partial charge in [-0.15, -0.1) is 0 Å². The third kappa shape index (κ3) is 4.04. The molecule has 26 heavy (non-hydrogen) atoms. The fraction of sp³-hybridized carbons (Fsp3) is 0.263. The maximum absolute atomic E-state index is 13.1. The molecule has 2 unspecified atom stereocenters. The first-order chi connectivity index (χ1) is 12.3. The Morgan fingerprint density at radius 3 is 2.35 bits per heavy atom. The van der Waals surface area contributed by atoms with Crippen molar-refractivity contribution >= 4 is 17.6 Å². The molecule has 0 radical (unpaired) electrons. The van der Waals surface area contributed by atoms with E-state index in [4.69, 9.17) is 4.74 Å². The van der Waals surface area contributed by atoms with Crippen LogP contribution in [0.25, 0.3) is 0 Å². The molecule has 0 heterocycles. The third-order valence-corrected chi connectivity index (χ3v) is 4.15. The van der Waals surface area contributed by atoms with Crippen molar-refractivity contribution in [2.24, 2.45) is 5.92 Å². The second kappa shape index (κ2) is 6.82. The van der Waals surface area contributed by atoms with Gasteiger partial charge in [0.2, 0.25) is 5.91 Å². The highest BCUT2D eigenvalue weighted by molar-refractivity contribution is 5.88. The van der Waals surface area contributed by atoms with Gasteiger partial charge in [-0.3, -0.25) is 9.59 Å². The molecule has 0 aliphatic heterocycles. The largest absolute Gasteiger partial charge is 0.426 e. The molecule has 1 N–H and O–H groups in total. The van der Waals surface area contributed by atoms with Gasteiger partial charge in [0.1, 0.15) is 5.75 Å². The molecular formula is C19H16F3NO3. The number of hydrogen-bond donors (Lipinski definition) is 1. The summed E-state index contributed by atoms with van der Waals surface area (Å²) in [5, 5.41) is 2.58. The monoisotopic (exact) mass is 363 g/mol. The Labute approximate surface area is 148 Å². The minimum absolute atomic E-state index is 0.128. The fourth-order valence-corrected chi connectivity index (χ4v) is 2.88. The standard InChI is InChI=1S/C19H16F3NO3/c1-11(24)23-12-6-8-13(9-7-12)26-18(25)16-10-15(16)14-4-2-3-5-17(14)19(20,21)22/h2-9,15-16H,10H2,1H3,(H,23,24). The summed E-state index contributed by atoms with van der Waals surface area (Å²) in [4.78, 5) is 23.2. The van der Waals surface area contributed by atoms with Crippen molar-refractivity contribution in [3.8, 4) is 5.75 Å². The molecule has 1 fully saturated rings.